The zero-order chi connectivity index (χ0) is 14.5. The van der Waals surface area contributed by atoms with Gasteiger partial charge in [0.05, 0.1) is 5.69 Å². The molecule has 3 nitrogen and oxygen atoms in total. The van der Waals surface area contributed by atoms with Crippen molar-refractivity contribution in [3.8, 4) is 5.75 Å². The van der Waals surface area contributed by atoms with Crippen LogP contribution in [-0.4, -0.2) is 9.97 Å². The molecule has 0 bridgehead atoms. The summed E-state index contributed by atoms with van der Waals surface area (Å²) in [6.45, 7) is 4.78. The number of hydrogen-bond donors (Lipinski definition) is 1. The lowest BCUT2D eigenvalue weighted by Gasteiger charge is -2.14. The van der Waals surface area contributed by atoms with E-state index >= 15 is 0 Å². The van der Waals surface area contributed by atoms with E-state index in [1.165, 1.54) is 5.56 Å². The second kappa shape index (κ2) is 6.48. The maximum absolute atomic E-state index is 5.91. The van der Waals surface area contributed by atoms with Crippen LogP contribution in [0.2, 0.25) is 0 Å². The molecular formula is C16H18N2OS. The molecule has 0 fully saturated rings. The molecule has 2 rings (SSSR count). The normalized spacial score (nSPS) is 10.6. The lowest BCUT2D eigenvalue weighted by Crippen LogP contribution is -2.12. The van der Waals surface area contributed by atoms with E-state index in [0.29, 0.717) is 23.2 Å². The van der Waals surface area contributed by atoms with Crippen LogP contribution in [0.15, 0.2) is 42.6 Å². The number of nitrogens with zero attached hydrogens (tertiary/aromatic N) is 1. The lowest BCUT2D eigenvalue weighted by molar-refractivity contribution is 0.301. The highest BCUT2D eigenvalue weighted by Crippen LogP contribution is 2.26. The van der Waals surface area contributed by atoms with Gasteiger partial charge in [-0.25, -0.2) is 0 Å². The molecule has 104 valence electrons. The van der Waals surface area contributed by atoms with E-state index in [9.17, 15) is 0 Å². The molecule has 0 amide bonds. The molecule has 0 aliphatic rings. The Morgan fingerprint density at radius 3 is 2.75 bits per heavy atom. The number of rotatable bonds is 5. The summed E-state index contributed by atoms with van der Waals surface area (Å²) in [4.78, 5) is 4.42. The SMILES string of the molecule is CC(C)c1ccccc1OCc1ccnc(C(N)=S)c1. The van der Waals surface area contributed by atoms with Crippen LogP contribution in [-0.2, 0) is 6.61 Å². The number of thiocarbonyl (C=S) groups is 1. The van der Waals surface area contributed by atoms with Gasteiger partial charge in [-0.05, 0) is 35.2 Å². The monoisotopic (exact) mass is 286 g/mol. The molecule has 0 saturated carbocycles. The number of hydrogen-bond acceptors (Lipinski definition) is 3. The summed E-state index contributed by atoms with van der Waals surface area (Å²) in [5.74, 6) is 1.34. The number of pyridine rings is 1. The maximum Gasteiger partial charge on any atom is 0.123 e. The minimum Gasteiger partial charge on any atom is -0.489 e. The first kappa shape index (κ1) is 14.5. The first-order chi connectivity index (χ1) is 9.58. The van der Waals surface area contributed by atoms with Gasteiger partial charge in [0.15, 0.2) is 0 Å². The van der Waals surface area contributed by atoms with Gasteiger partial charge in [-0.15, -0.1) is 0 Å². The zero-order valence-corrected chi connectivity index (χ0v) is 12.5. The highest BCUT2D eigenvalue weighted by Gasteiger charge is 2.07. The van der Waals surface area contributed by atoms with Crippen LogP contribution < -0.4 is 10.5 Å². The number of benzene rings is 1. The molecule has 4 heteroatoms. The van der Waals surface area contributed by atoms with E-state index in [2.05, 4.69) is 24.9 Å². The van der Waals surface area contributed by atoms with Crippen molar-refractivity contribution in [2.24, 2.45) is 5.73 Å². The van der Waals surface area contributed by atoms with Gasteiger partial charge in [0.2, 0.25) is 0 Å². The molecule has 0 unspecified atom stereocenters. The summed E-state index contributed by atoms with van der Waals surface area (Å²) in [6.07, 6.45) is 1.70. The van der Waals surface area contributed by atoms with E-state index in [-0.39, 0.29) is 0 Å². The van der Waals surface area contributed by atoms with Crippen LogP contribution in [0.3, 0.4) is 0 Å². The maximum atomic E-state index is 5.91. The van der Waals surface area contributed by atoms with E-state index in [4.69, 9.17) is 22.7 Å². The average molecular weight is 286 g/mol. The second-order valence-corrected chi connectivity index (χ2v) is 5.33. The quantitative estimate of drug-likeness (QED) is 0.856. The van der Waals surface area contributed by atoms with E-state index < -0.39 is 0 Å². The number of para-hydroxylation sites is 1. The topological polar surface area (TPSA) is 48.1 Å². The van der Waals surface area contributed by atoms with Gasteiger partial charge in [0, 0.05) is 6.20 Å². The van der Waals surface area contributed by atoms with Crippen molar-refractivity contribution in [3.05, 3.63) is 59.4 Å². The Balaban J connectivity index is 2.13. The molecule has 20 heavy (non-hydrogen) atoms. The van der Waals surface area contributed by atoms with Gasteiger partial charge in [0.25, 0.3) is 0 Å². The number of aromatic nitrogens is 1. The van der Waals surface area contributed by atoms with E-state index in [1.54, 1.807) is 6.20 Å². The molecule has 1 heterocycles. The van der Waals surface area contributed by atoms with Gasteiger partial charge in [0.1, 0.15) is 17.3 Å². The molecule has 2 N–H and O–H groups in total. The molecule has 0 radical (unpaired) electrons. The first-order valence-electron chi connectivity index (χ1n) is 6.54. The number of ether oxygens (including phenoxy) is 1. The summed E-state index contributed by atoms with van der Waals surface area (Å²) >= 11 is 4.93. The summed E-state index contributed by atoms with van der Waals surface area (Å²) in [7, 11) is 0. The Bertz CT molecular complexity index is 611. The fourth-order valence-corrected chi connectivity index (χ4v) is 2.06. The molecule has 0 atom stereocenters. The first-order valence-corrected chi connectivity index (χ1v) is 6.95. The Kier molecular flexibility index (Phi) is 4.69. The summed E-state index contributed by atoms with van der Waals surface area (Å²) in [5.41, 5.74) is 8.41. The highest BCUT2D eigenvalue weighted by atomic mass is 32.1. The second-order valence-electron chi connectivity index (χ2n) is 4.89. The van der Waals surface area contributed by atoms with Crippen molar-refractivity contribution in [1.29, 1.82) is 0 Å². The largest absolute Gasteiger partial charge is 0.489 e. The molecule has 1 aromatic carbocycles. The lowest BCUT2D eigenvalue weighted by atomic mass is 10.0. The van der Waals surface area contributed by atoms with Crippen molar-refractivity contribution in [1.82, 2.24) is 4.98 Å². The Labute approximate surface area is 124 Å². The summed E-state index contributed by atoms with van der Waals surface area (Å²) in [5, 5.41) is 0. The van der Waals surface area contributed by atoms with Crippen molar-refractivity contribution in [3.63, 3.8) is 0 Å². The molecule has 0 aliphatic heterocycles. The summed E-state index contributed by atoms with van der Waals surface area (Å²) < 4.78 is 5.91. The zero-order valence-electron chi connectivity index (χ0n) is 11.7. The van der Waals surface area contributed by atoms with Crippen LogP contribution >= 0.6 is 12.2 Å². The standard InChI is InChI=1S/C16H18N2OS/c1-11(2)13-5-3-4-6-15(13)19-10-12-7-8-18-14(9-12)16(17)20/h3-9,11H,10H2,1-2H3,(H2,17,20). The Hall–Kier alpha value is -1.94. The Morgan fingerprint density at radius 1 is 1.30 bits per heavy atom. The Morgan fingerprint density at radius 2 is 2.05 bits per heavy atom. The average Bonchev–Trinajstić information content (AvgIpc) is 2.45. The summed E-state index contributed by atoms with van der Waals surface area (Å²) in [6, 6.07) is 11.9. The minimum atomic E-state index is 0.300. The van der Waals surface area contributed by atoms with Crippen LogP contribution in [0.4, 0.5) is 0 Å². The van der Waals surface area contributed by atoms with Crippen molar-refractivity contribution < 1.29 is 4.74 Å². The van der Waals surface area contributed by atoms with Gasteiger partial charge in [-0.3, -0.25) is 4.98 Å². The number of nitrogens with two attached hydrogens (primary N) is 1. The van der Waals surface area contributed by atoms with Crippen LogP contribution in [0.1, 0.15) is 36.6 Å². The van der Waals surface area contributed by atoms with Crippen molar-refractivity contribution in [2.75, 3.05) is 0 Å². The van der Waals surface area contributed by atoms with Crippen LogP contribution in [0.5, 0.6) is 5.75 Å². The van der Waals surface area contributed by atoms with Gasteiger partial charge >= 0.3 is 0 Å². The van der Waals surface area contributed by atoms with Crippen LogP contribution in [0.25, 0.3) is 0 Å². The fraction of sp³-hybridized carbons (Fsp3) is 0.250. The minimum absolute atomic E-state index is 0.300. The predicted octanol–water partition coefficient (Wildman–Crippen LogP) is 3.42. The fourth-order valence-electron chi connectivity index (χ4n) is 1.95. The predicted molar refractivity (Wildman–Crippen MR) is 85.0 cm³/mol. The molecule has 0 spiro atoms. The van der Waals surface area contributed by atoms with Gasteiger partial charge in [-0.1, -0.05) is 44.3 Å². The van der Waals surface area contributed by atoms with E-state index in [1.807, 2.05) is 30.3 Å². The molecule has 1 aromatic heterocycles. The molecule has 2 aromatic rings. The molecular weight excluding hydrogens is 268 g/mol. The van der Waals surface area contributed by atoms with Crippen LogP contribution in [0, 0.1) is 0 Å². The third kappa shape index (κ3) is 3.54. The third-order valence-electron chi connectivity index (χ3n) is 3.01. The smallest absolute Gasteiger partial charge is 0.123 e. The molecule has 0 aliphatic carbocycles. The van der Waals surface area contributed by atoms with Gasteiger partial charge in [-0.2, -0.15) is 0 Å². The van der Waals surface area contributed by atoms with Gasteiger partial charge < -0.3 is 10.5 Å². The van der Waals surface area contributed by atoms with Crippen molar-refractivity contribution >= 4 is 17.2 Å². The highest BCUT2D eigenvalue weighted by molar-refractivity contribution is 7.80. The van der Waals surface area contributed by atoms with Crippen molar-refractivity contribution in [2.45, 2.75) is 26.4 Å². The van der Waals surface area contributed by atoms with E-state index in [0.717, 1.165) is 11.3 Å². The third-order valence-corrected chi connectivity index (χ3v) is 3.22. The molecule has 0 saturated heterocycles.